The lowest BCUT2D eigenvalue weighted by Gasteiger charge is -2.26. The van der Waals surface area contributed by atoms with Crippen LogP contribution in [0.25, 0.3) is 0 Å². The number of pyridine rings is 1. The van der Waals surface area contributed by atoms with Gasteiger partial charge < -0.3 is 9.52 Å². The zero-order valence-electron chi connectivity index (χ0n) is 10.9. The molecule has 2 aromatic rings. The Bertz CT molecular complexity index is 796. The van der Waals surface area contributed by atoms with E-state index in [1.165, 1.54) is 4.31 Å². The van der Waals surface area contributed by atoms with Crippen LogP contribution in [0.3, 0.4) is 0 Å². The van der Waals surface area contributed by atoms with Crippen molar-refractivity contribution < 1.29 is 22.7 Å². The average Bonchev–Trinajstić information content (AvgIpc) is 2.97. The van der Waals surface area contributed by atoms with Crippen LogP contribution in [-0.4, -0.2) is 35.3 Å². The monoisotopic (exact) mass is 308 g/mol. The van der Waals surface area contributed by atoms with Crippen molar-refractivity contribution in [3.8, 4) is 0 Å². The Hall–Kier alpha value is -2.19. The van der Waals surface area contributed by atoms with Crippen molar-refractivity contribution in [3.63, 3.8) is 0 Å². The summed E-state index contributed by atoms with van der Waals surface area (Å²) in [6, 6.07) is 5.88. The van der Waals surface area contributed by atoms with E-state index in [4.69, 9.17) is 9.52 Å². The smallest absolute Gasteiger partial charge is 0.371 e. The number of carboxylic acids is 1. The first kappa shape index (κ1) is 13.8. The number of carboxylic acid groups (broad SMARTS) is 1. The molecule has 0 saturated heterocycles. The van der Waals surface area contributed by atoms with Gasteiger partial charge in [0.05, 0.1) is 0 Å². The van der Waals surface area contributed by atoms with E-state index in [9.17, 15) is 13.2 Å². The minimum atomic E-state index is -3.84. The van der Waals surface area contributed by atoms with Crippen LogP contribution in [0.5, 0.6) is 0 Å². The van der Waals surface area contributed by atoms with Gasteiger partial charge in [0.15, 0.2) is 0 Å². The molecular weight excluding hydrogens is 296 g/mol. The largest absolute Gasteiger partial charge is 0.475 e. The van der Waals surface area contributed by atoms with Crippen molar-refractivity contribution in [1.29, 1.82) is 0 Å². The molecule has 110 valence electrons. The van der Waals surface area contributed by atoms with Gasteiger partial charge in [0, 0.05) is 31.4 Å². The molecule has 0 aliphatic carbocycles. The number of nitrogens with zero attached hydrogens (tertiary/aromatic N) is 2. The predicted molar refractivity (Wildman–Crippen MR) is 71.2 cm³/mol. The highest BCUT2D eigenvalue weighted by atomic mass is 32.2. The van der Waals surface area contributed by atoms with Gasteiger partial charge in [0.1, 0.15) is 0 Å². The zero-order chi connectivity index (χ0) is 15.0. The van der Waals surface area contributed by atoms with Gasteiger partial charge >= 0.3 is 5.97 Å². The van der Waals surface area contributed by atoms with E-state index in [1.54, 1.807) is 12.3 Å². The fourth-order valence-electron chi connectivity index (χ4n) is 2.25. The Morgan fingerprint density at radius 2 is 2.14 bits per heavy atom. The second-order valence-electron chi connectivity index (χ2n) is 4.62. The van der Waals surface area contributed by atoms with Crippen LogP contribution in [0.4, 0.5) is 0 Å². The molecular formula is C13H12N2O5S. The lowest BCUT2D eigenvalue weighted by molar-refractivity contribution is 0.0656. The summed E-state index contributed by atoms with van der Waals surface area (Å²) >= 11 is 0. The van der Waals surface area contributed by atoms with Crippen LogP contribution < -0.4 is 0 Å². The van der Waals surface area contributed by atoms with Crippen molar-refractivity contribution in [2.24, 2.45) is 0 Å². The van der Waals surface area contributed by atoms with Crippen molar-refractivity contribution in [3.05, 3.63) is 47.5 Å². The van der Waals surface area contributed by atoms with E-state index in [2.05, 4.69) is 4.98 Å². The molecule has 1 aliphatic heterocycles. The van der Waals surface area contributed by atoms with Crippen molar-refractivity contribution in [1.82, 2.24) is 9.29 Å². The molecule has 0 aromatic carbocycles. The van der Waals surface area contributed by atoms with Gasteiger partial charge in [-0.3, -0.25) is 4.98 Å². The van der Waals surface area contributed by atoms with Crippen LogP contribution in [0, 0.1) is 0 Å². The van der Waals surface area contributed by atoms with Gasteiger partial charge in [-0.25, -0.2) is 13.2 Å². The molecule has 2 aromatic heterocycles. The van der Waals surface area contributed by atoms with Crippen LogP contribution >= 0.6 is 0 Å². The fourth-order valence-corrected chi connectivity index (χ4v) is 3.58. The predicted octanol–water partition coefficient (Wildman–Crippen LogP) is 1.12. The second kappa shape index (κ2) is 4.97. The molecule has 0 atom stereocenters. The van der Waals surface area contributed by atoms with Gasteiger partial charge in [0.2, 0.25) is 10.9 Å². The molecule has 0 spiro atoms. The molecule has 1 N–H and O–H groups in total. The Kier molecular flexibility index (Phi) is 3.26. The van der Waals surface area contributed by atoms with E-state index in [0.29, 0.717) is 6.42 Å². The van der Waals surface area contributed by atoms with Crippen LogP contribution in [-0.2, 0) is 23.0 Å². The van der Waals surface area contributed by atoms with Crippen LogP contribution in [0.15, 0.2) is 40.0 Å². The highest BCUT2D eigenvalue weighted by Gasteiger charge is 2.31. The molecule has 8 heteroatoms. The molecule has 0 saturated carbocycles. The van der Waals surface area contributed by atoms with Crippen molar-refractivity contribution in [2.75, 3.05) is 6.54 Å². The highest BCUT2D eigenvalue weighted by Crippen LogP contribution is 2.25. The number of aromatic carboxylic acids is 1. The van der Waals surface area contributed by atoms with E-state index >= 15 is 0 Å². The summed E-state index contributed by atoms with van der Waals surface area (Å²) in [7, 11) is -3.84. The molecule has 0 amide bonds. The van der Waals surface area contributed by atoms with Gasteiger partial charge in [-0.2, -0.15) is 4.31 Å². The van der Waals surface area contributed by atoms with Crippen LogP contribution in [0.1, 0.15) is 21.8 Å². The Morgan fingerprint density at radius 3 is 2.86 bits per heavy atom. The quantitative estimate of drug-likeness (QED) is 0.912. The zero-order valence-corrected chi connectivity index (χ0v) is 11.7. The third-order valence-electron chi connectivity index (χ3n) is 3.32. The van der Waals surface area contributed by atoms with Crippen molar-refractivity contribution >= 4 is 16.0 Å². The molecule has 3 rings (SSSR count). The summed E-state index contributed by atoms with van der Waals surface area (Å²) in [4.78, 5) is 15.0. The Balaban J connectivity index is 1.91. The van der Waals surface area contributed by atoms with Gasteiger partial charge in [-0.05, 0) is 23.8 Å². The molecule has 0 unspecified atom stereocenters. The van der Waals surface area contributed by atoms with E-state index in [0.717, 1.165) is 23.4 Å². The van der Waals surface area contributed by atoms with Crippen LogP contribution in [0.2, 0.25) is 0 Å². The molecule has 0 bridgehead atoms. The van der Waals surface area contributed by atoms with E-state index in [-0.39, 0.29) is 18.2 Å². The molecule has 21 heavy (non-hydrogen) atoms. The minimum absolute atomic E-state index is 0.203. The first-order valence-electron chi connectivity index (χ1n) is 6.24. The minimum Gasteiger partial charge on any atom is -0.475 e. The number of carbonyl (C=O) groups is 1. The number of furan rings is 1. The normalized spacial score (nSPS) is 15.6. The maximum atomic E-state index is 12.5. The summed E-state index contributed by atoms with van der Waals surface area (Å²) < 4.78 is 31.1. The maximum absolute atomic E-state index is 12.5. The summed E-state index contributed by atoms with van der Waals surface area (Å²) in [5, 5.41) is 8.44. The number of fused-ring (bicyclic) bond motifs is 1. The topological polar surface area (TPSA) is 101 Å². The number of hydrogen-bond acceptors (Lipinski definition) is 5. The summed E-state index contributed by atoms with van der Waals surface area (Å²) in [6.07, 6.45) is 2.19. The highest BCUT2D eigenvalue weighted by molar-refractivity contribution is 7.89. The summed E-state index contributed by atoms with van der Waals surface area (Å²) in [5.74, 6) is -1.70. The van der Waals surface area contributed by atoms with Gasteiger partial charge in [-0.1, -0.05) is 6.07 Å². The first-order chi connectivity index (χ1) is 9.98. The summed E-state index contributed by atoms with van der Waals surface area (Å²) in [5.41, 5.74) is 1.73. The van der Waals surface area contributed by atoms with Crippen molar-refractivity contribution in [2.45, 2.75) is 18.1 Å². The Morgan fingerprint density at radius 1 is 1.33 bits per heavy atom. The third-order valence-corrected chi connectivity index (χ3v) is 5.03. The van der Waals surface area contributed by atoms with Gasteiger partial charge in [-0.15, -0.1) is 0 Å². The maximum Gasteiger partial charge on any atom is 0.371 e. The van der Waals surface area contributed by atoms with E-state index < -0.39 is 21.8 Å². The fraction of sp³-hybridized carbons (Fsp3) is 0.231. The molecule has 3 heterocycles. The lowest BCUT2D eigenvalue weighted by Crippen LogP contribution is -2.36. The van der Waals surface area contributed by atoms with E-state index in [1.807, 2.05) is 6.07 Å². The van der Waals surface area contributed by atoms with Gasteiger partial charge in [0.25, 0.3) is 10.0 Å². The second-order valence-corrected chi connectivity index (χ2v) is 6.49. The SMILES string of the molecule is O=C(O)c1ccc(S(=O)(=O)N2CCc3ncccc3C2)o1. The Labute approximate surface area is 120 Å². The number of hydrogen-bond donors (Lipinski definition) is 1. The number of rotatable bonds is 3. The number of aromatic nitrogens is 1. The lowest BCUT2D eigenvalue weighted by atomic mass is 10.1. The first-order valence-corrected chi connectivity index (χ1v) is 7.68. The molecule has 0 fully saturated rings. The molecule has 7 nitrogen and oxygen atoms in total. The third kappa shape index (κ3) is 2.43. The standard InChI is InChI=1S/C13H12N2O5S/c16-13(17)11-3-4-12(20-11)21(18,19)15-7-5-10-9(8-15)2-1-6-14-10/h1-4,6H,5,7-8H2,(H,16,17). The number of sulfonamides is 1. The average molecular weight is 308 g/mol. The molecule has 1 aliphatic rings. The summed E-state index contributed by atoms with van der Waals surface area (Å²) in [6.45, 7) is 0.490. The molecule has 0 radical (unpaired) electrons.